The van der Waals surface area contributed by atoms with Crippen LogP contribution < -0.4 is 16.2 Å². The van der Waals surface area contributed by atoms with Crippen LogP contribution in [0.5, 0.6) is 0 Å². The lowest BCUT2D eigenvalue weighted by Crippen LogP contribution is -2.35. The maximum absolute atomic E-state index is 12.3. The van der Waals surface area contributed by atoms with Gasteiger partial charge in [0.1, 0.15) is 11.8 Å². The molecule has 0 bridgehead atoms. The summed E-state index contributed by atoms with van der Waals surface area (Å²) in [5, 5.41) is 6.66. The topological polar surface area (TPSA) is 101 Å². The highest BCUT2D eigenvalue weighted by Gasteiger charge is 2.08. The average Bonchev–Trinajstić information content (AvgIpc) is 2.68. The smallest absolute Gasteiger partial charge is 0.259 e. The van der Waals surface area contributed by atoms with Crippen LogP contribution >= 0.6 is 0 Å². The number of benzene rings is 2. The second-order valence-corrected chi connectivity index (χ2v) is 5.86. The number of amides is 2. The van der Waals surface area contributed by atoms with Gasteiger partial charge in [-0.2, -0.15) is 5.10 Å². The van der Waals surface area contributed by atoms with E-state index >= 15 is 0 Å². The van der Waals surface area contributed by atoms with Crippen molar-refractivity contribution in [3.05, 3.63) is 81.7 Å². The maximum atomic E-state index is 12.3. The summed E-state index contributed by atoms with van der Waals surface area (Å²) in [4.78, 5) is 36.0. The highest BCUT2D eigenvalue weighted by molar-refractivity contribution is 5.96. The zero-order valence-corrected chi connectivity index (χ0v) is 14.6. The predicted molar refractivity (Wildman–Crippen MR) is 102 cm³/mol. The van der Waals surface area contributed by atoms with E-state index in [0.29, 0.717) is 16.5 Å². The van der Waals surface area contributed by atoms with E-state index in [9.17, 15) is 14.4 Å². The number of carbonyl (C=O) groups excluding carboxylic acids is 2. The van der Waals surface area contributed by atoms with E-state index < -0.39 is 5.91 Å². The number of fused-ring (bicyclic) bond motifs is 1. The van der Waals surface area contributed by atoms with Crippen LogP contribution in [0.15, 0.2) is 69.1 Å². The van der Waals surface area contributed by atoms with Gasteiger partial charge in [-0.15, -0.1) is 0 Å². The van der Waals surface area contributed by atoms with Crippen LogP contribution in [-0.2, 0) is 4.79 Å². The summed E-state index contributed by atoms with van der Waals surface area (Å²) in [5.74, 6) is -0.874. The van der Waals surface area contributed by atoms with Crippen molar-refractivity contribution in [2.24, 2.45) is 5.10 Å². The first-order valence-corrected chi connectivity index (χ1v) is 8.22. The fourth-order valence-corrected chi connectivity index (χ4v) is 2.36. The molecule has 2 N–H and O–H groups in total. The molecule has 1 aromatic heterocycles. The molecular formula is C20H17N3O4. The molecule has 3 aromatic rings. The summed E-state index contributed by atoms with van der Waals surface area (Å²) in [7, 11) is 0. The first-order chi connectivity index (χ1) is 13.0. The highest BCUT2D eigenvalue weighted by Crippen LogP contribution is 2.09. The normalized spacial score (nSPS) is 10.9. The minimum Gasteiger partial charge on any atom is -0.463 e. The second kappa shape index (κ2) is 8.09. The maximum Gasteiger partial charge on any atom is 0.259 e. The number of aryl methyl sites for hydroxylation is 1. The predicted octanol–water partition coefficient (Wildman–Crippen LogP) is 1.98. The SMILES string of the molecule is Cc1ccc(C(=O)NCC(=O)NN=Cc2coc3ccccc3c2=O)cc1. The fraction of sp³-hybridized carbons (Fsp3) is 0.100. The molecule has 0 saturated heterocycles. The number of hydrazone groups is 1. The number of nitrogens with one attached hydrogen (secondary N) is 2. The third kappa shape index (κ3) is 4.46. The zero-order chi connectivity index (χ0) is 19.2. The van der Waals surface area contributed by atoms with Crippen LogP contribution in [-0.4, -0.2) is 24.6 Å². The van der Waals surface area contributed by atoms with Gasteiger partial charge in [0.2, 0.25) is 5.43 Å². The van der Waals surface area contributed by atoms with Crippen molar-refractivity contribution >= 4 is 29.0 Å². The van der Waals surface area contributed by atoms with Crippen molar-refractivity contribution in [2.45, 2.75) is 6.92 Å². The standard InChI is InChI=1S/C20H17N3O4/c1-13-6-8-14(9-7-13)20(26)21-11-18(24)23-22-10-15-12-27-17-5-3-2-4-16(17)19(15)25/h2-10,12H,11H2,1H3,(H,21,26)(H,23,24). The van der Waals surface area contributed by atoms with Crippen LogP contribution in [0.4, 0.5) is 0 Å². The van der Waals surface area contributed by atoms with Crippen molar-refractivity contribution in [1.29, 1.82) is 0 Å². The van der Waals surface area contributed by atoms with Crippen molar-refractivity contribution in [3.63, 3.8) is 0 Å². The van der Waals surface area contributed by atoms with Gasteiger partial charge >= 0.3 is 0 Å². The third-order valence-corrected chi connectivity index (χ3v) is 3.82. The summed E-state index contributed by atoms with van der Waals surface area (Å²) in [5.41, 5.74) is 4.19. The molecule has 0 aliphatic rings. The highest BCUT2D eigenvalue weighted by atomic mass is 16.3. The number of hydrogen-bond acceptors (Lipinski definition) is 5. The molecule has 3 rings (SSSR count). The minimum atomic E-state index is -0.517. The van der Waals surface area contributed by atoms with E-state index in [1.165, 1.54) is 12.5 Å². The van der Waals surface area contributed by atoms with Crippen molar-refractivity contribution in [2.75, 3.05) is 6.54 Å². The van der Waals surface area contributed by atoms with Crippen LogP contribution in [0.3, 0.4) is 0 Å². The van der Waals surface area contributed by atoms with Gasteiger partial charge in [-0.1, -0.05) is 29.8 Å². The Morgan fingerprint density at radius 3 is 2.63 bits per heavy atom. The molecule has 0 unspecified atom stereocenters. The molecule has 0 aliphatic heterocycles. The van der Waals surface area contributed by atoms with Crippen molar-refractivity contribution in [1.82, 2.24) is 10.7 Å². The van der Waals surface area contributed by atoms with E-state index in [0.717, 1.165) is 5.56 Å². The number of hydrogen-bond donors (Lipinski definition) is 2. The van der Waals surface area contributed by atoms with Crippen LogP contribution in [0.25, 0.3) is 11.0 Å². The summed E-state index contributed by atoms with van der Waals surface area (Å²) in [6.45, 7) is 1.68. The Labute approximate surface area is 154 Å². The van der Waals surface area contributed by atoms with E-state index in [1.54, 1.807) is 36.4 Å². The molecule has 0 spiro atoms. The number of rotatable bonds is 5. The molecule has 7 nitrogen and oxygen atoms in total. The molecule has 0 saturated carbocycles. The second-order valence-electron chi connectivity index (χ2n) is 5.86. The number of para-hydroxylation sites is 1. The van der Waals surface area contributed by atoms with Crippen molar-refractivity contribution < 1.29 is 14.0 Å². The first-order valence-electron chi connectivity index (χ1n) is 8.22. The van der Waals surface area contributed by atoms with Gasteiger partial charge in [0.05, 0.1) is 23.7 Å². The summed E-state index contributed by atoms with van der Waals surface area (Å²) in [6, 6.07) is 13.8. The summed E-state index contributed by atoms with van der Waals surface area (Å²) in [6.07, 6.45) is 2.48. The monoisotopic (exact) mass is 363 g/mol. The Morgan fingerprint density at radius 1 is 1.11 bits per heavy atom. The van der Waals surface area contributed by atoms with E-state index in [2.05, 4.69) is 15.8 Å². The van der Waals surface area contributed by atoms with Crippen LogP contribution in [0.1, 0.15) is 21.5 Å². The minimum absolute atomic E-state index is 0.206. The van der Waals surface area contributed by atoms with Gasteiger partial charge in [-0.25, -0.2) is 5.43 Å². The first kappa shape index (κ1) is 18.1. The van der Waals surface area contributed by atoms with Gasteiger partial charge in [0.15, 0.2) is 0 Å². The largest absolute Gasteiger partial charge is 0.463 e. The molecule has 7 heteroatoms. The van der Waals surface area contributed by atoms with Gasteiger partial charge in [-0.05, 0) is 31.2 Å². The lowest BCUT2D eigenvalue weighted by atomic mass is 10.1. The third-order valence-electron chi connectivity index (χ3n) is 3.82. The molecule has 2 aromatic carbocycles. The molecule has 0 aliphatic carbocycles. The lowest BCUT2D eigenvalue weighted by Gasteiger charge is -2.04. The Morgan fingerprint density at radius 2 is 1.85 bits per heavy atom. The van der Waals surface area contributed by atoms with Gasteiger partial charge in [0.25, 0.3) is 11.8 Å². The molecule has 0 fully saturated rings. The van der Waals surface area contributed by atoms with Gasteiger partial charge < -0.3 is 9.73 Å². The Bertz CT molecular complexity index is 1070. The quantitative estimate of drug-likeness (QED) is 0.535. The van der Waals surface area contributed by atoms with Gasteiger partial charge in [-0.3, -0.25) is 14.4 Å². The summed E-state index contributed by atoms with van der Waals surface area (Å²) < 4.78 is 5.36. The Hall–Kier alpha value is -3.74. The Kier molecular flexibility index (Phi) is 5.41. The number of nitrogens with zero attached hydrogens (tertiary/aromatic N) is 1. The van der Waals surface area contributed by atoms with Crippen molar-refractivity contribution in [3.8, 4) is 0 Å². The number of carbonyl (C=O) groups is 2. The molecule has 0 atom stereocenters. The molecule has 0 radical (unpaired) electrons. The molecule has 2 amide bonds. The fourth-order valence-electron chi connectivity index (χ4n) is 2.36. The molecule has 27 heavy (non-hydrogen) atoms. The lowest BCUT2D eigenvalue weighted by molar-refractivity contribution is -0.120. The average molecular weight is 363 g/mol. The van der Waals surface area contributed by atoms with Crippen LogP contribution in [0, 0.1) is 6.92 Å². The van der Waals surface area contributed by atoms with Crippen LogP contribution in [0.2, 0.25) is 0 Å². The van der Waals surface area contributed by atoms with E-state index in [1.807, 2.05) is 19.1 Å². The van der Waals surface area contributed by atoms with Gasteiger partial charge in [0, 0.05) is 5.56 Å². The molecule has 136 valence electrons. The zero-order valence-electron chi connectivity index (χ0n) is 14.6. The van der Waals surface area contributed by atoms with E-state index in [4.69, 9.17) is 4.42 Å². The van der Waals surface area contributed by atoms with E-state index in [-0.39, 0.29) is 23.4 Å². The molecule has 1 heterocycles. The summed E-state index contributed by atoms with van der Waals surface area (Å²) >= 11 is 0. The Balaban J connectivity index is 1.56. The molecular weight excluding hydrogens is 346 g/mol.